The monoisotopic (exact) mass is 418 g/mol. The van der Waals surface area contributed by atoms with Gasteiger partial charge in [-0.15, -0.1) is 0 Å². The summed E-state index contributed by atoms with van der Waals surface area (Å²) in [5.41, 5.74) is 7.40. The molecule has 31 heavy (non-hydrogen) atoms. The zero-order chi connectivity index (χ0) is 22.2. The molecule has 0 spiro atoms. The number of carbonyl (C=O) groups is 2. The molecule has 0 aliphatic heterocycles. The smallest absolute Gasteiger partial charge is 0.243 e. The molecule has 0 bridgehead atoms. The molecule has 0 atom stereocenters. The van der Waals surface area contributed by atoms with Crippen molar-refractivity contribution in [1.29, 1.82) is 0 Å². The van der Waals surface area contributed by atoms with Crippen molar-refractivity contribution in [1.82, 2.24) is 5.32 Å². The zero-order valence-corrected chi connectivity index (χ0v) is 16.8. The molecule has 7 heteroatoms. The Morgan fingerprint density at radius 1 is 0.968 bits per heavy atom. The number of nitrogens with one attached hydrogen (secondary N) is 2. The van der Waals surface area contributed by atoms with Crippen molar-refractivity contribution >= 4 is 23.1 Å². The molecule has 0 fully saturated rings. The normalized spacial score (nSPS) is 10.3. The lowest BCUT2D eigenvalue weighted by Crippen LogP contribution is -2.82. The summed E-state index contributed by atoms with van der Waals surface area (Å²) in [6.45, 7) is 3.93. The summed E-state index contributed by atoms with van der Waals surface area (Å²) in [5.74, 6) is -0.965. The number of aromatic hydroxyl groups is 2. The quantitative estimate of drug-likeness (QED) is 0.0696. The van der Waals surface area contributed by atoms with E-state index in [1.165, 1.54) is 12.1 Å². The Kier molecular flexibility index (Phi) is 7.03. The first-order chi connectivity index (χ1) is 15.0. The number of nitrogen functional groups attached to an aromatic ring is 1. The zero-order valence-electron chi connectivity index (χ0n) is 16.8. The number of benzene rings is 3. The summed E-state index contributed by atoms with van der Waals surface area (Å²) >= 11 is 0. The molecular formula is C24H24N3O4+. The third kappa shape index (κ3) is 5.71. The van der Waals surface area contributed by atoms with E-state index in [1.807, 2.05) is 24.3 Å². The highest BCUT2D eigenvalue weighted by molar-refractivity contribution is 6.11. The number of anilines is 1. The number of phenolic OH excluding ortho intramolecular Hbond substituents is 2. The van der Waals surface area contributed by atoms with Gasteiger partial charge in [-0.25, -0.2) is 10.9 Å². The number of carbonyl (C=O) groups excluding carboxylic acids is 2. The molecule has 0 radical (unpaired) electrons. The number of ketones is 1. The van der Waals surface area contributed by atoms with Crippen LogP contribution in [0.3, 0.4) is 0 Å². The van der Waals surface area contributed by atoms with E-state index < -0.39 is 0 Å². The van der Waals surface area contributed by atoms with Gasteiger partial charge in [-0.2, -0.15) is 0 Å². The summed E-state index contributed by atoms with van der Waals surface area (Å²) in [6.07, 6.45) is 1.92. The molecule has 6 N–H and O–H groups in total. The number of hydrogen-bond acceptors (Lipinski definition) is 5. The molecule has 0 saturated heterocycles. The second-order valence-corrected chi connectivity index (χ2v) is 6.85. The Balaban J connectivity index is 1.65. The van der Waals surface area contributed by atoms with Gasteiger partial charge in [-0.05, 0) is 30.2 Å². The molecule has 3 aromatic rings. The maximum absolute atomic E-state index is 12.7. The van der Waals surface area contributed by atoms with Gasteiger partial charge in [0.1, 0.15) is 5.75 Å². The second kappa shape index (κ2) is 10.1. The van der Waals surface area contributed by atoms with E-state index in [4.69, 9.17) is 0 Å². The van der Waals surface area contributed by atoms with Gasteiger partial charge in [0.2, 0.25) is 5.91 Å². The Morgan fingerprint density at radius 3 is 2.35 bits per heavy atom. The molecule has 0 aliphatic rings. The second-order valence-electron chi connectivity index (χ2n) is 6.85. The van der Waals surface area contributed by atoms with E-state index in [2.05, 4.69) is 17.3 Å². The molecule has 1 amide bonds. The van der Waals surface area contributed by atoms with Crippen molar-refractivity contribution in [2.75, 3.05) is 12.0 Å². The first-order valence-electron chi connectivity index (χ1n) is 9.72. The van der Waals surface area contributed by atoms with E-state index in [-0.39, 0.29) is 28.8 Å². The maximum atomic E-state index is 12.7. The van der Waals surface area contributed by atoms with Crippen molar-refractivity contribution in [2.45, 2.75) is 6.42 Å². The highest BCUT2D eigenvalue weighted by atomic mass is 16.3. The van der Waals surface area contributed by atoms with Gasteiger partial charge >= 0.3 is 0 Å². The van der Waals surface area contributed by atoms with Crippen molar-refractivity contribution in [3.8, 4) is 11.5 Å². The fourth-order valence-corrected chi connectivity index (χ4v) is 2.97. The summed E-state index contributed by atoms with van der Waals surface area (Å²) < 4.78 is 0. The molecule has 3 rings (SSSR count). The number of hydrogen-bond donors (Lipinski definition) is 5. The minimum atomic E-state index is -0.333. The van der Waals surface area contributed by atoms with Crippen LogP contribution in [-0.2, 0) is 11.2 Å². The first kappa shape index (κ1) is 21.6. The number of rotatable bonds is 9. The van der Waals surface area contributed by atoms with Crippen LogP contribution in [0.2, 0.25) is 0 Å². The van der Waals surface area contributed by atoms with E-state index >= 15 is 0 Å². The third-order valence-electron chi connectivity index (χ3n) is 4.67. The van der Waals surface area contributed by atoms with E-state index in [9.17, 15) is 19.8 Å². The summed E-state index contributed by atoms with van der Waals surface area (Å²) in [7, 11) is 0. The summed E-state index contributed by atoms with van der Waals surface area (Å²) in [6, 6.07) is 18.8. The molecule has 0 aromatic heterocycles. The minimum absolute atomic E-state index is 0.106. The van der Waals surface area contributed by atoms with Gasteiger partial charge in [0.25, 0.3) is 0 Å². The van der Waals surface area contributed by atoms with Crippen molar-refractivity contribution in [3.63, 3.8) is 0 Å². The Hall–Kier alpha value is -4.10. The standard InChI is InChI=1S/C24H23N3O4/c1-2-23(30)25-13-12-16-8-10-18(11-9-16)26-27-20-14-19(21(28)15-22(20)29)24(31)17-6-4-3-5-7-17/h2-11,14-15,26-29H,1,12-13H2,(H,25,30)/p+1. The number of amides is 1. The topological polar surface area (TPSA) is 115 Å². The Morgan fingerprint density at radius 2 is 1.68 bits per heavy atom. The van der Waals surface area contributed by atoms with Crippen LogP contribution < -0.4 is 16.2 Å². The highest BCUT2D eigenvalue weighted by Gasteiger charge is 2.19. The van der Waals surface area contributed by atoms with Crippen LogP contribution in [0.25, 0.3) is 0 Å². The molecule has 3 aromatic carbocycles. The lowest BCUT2D eigenvalue weighted by atomic mass is 10.0. The third-order valence-corrected chi connectivity index (χ3v) is 4.67. The van der Waals surface area contributed by atoms with Gasteiger partial charge in [0.05, 0.1) is 11.3 Å². The van der Waals surface area contributed by atoms with E-state index in [0.717, 1.165) is 17.3 Å². The fourth-order valence-electron chi connectivity index (χ4n) is 2.97. The van der Waals surface area contributed by atoms with Gasteiger partial charge in [-0.3, -0.25) is 9.59 Å². The first-order valence-corrected chi connectivity index (χ1v) is 9.72. The molecule has 0 aliphatic carbocycles. The fraction of sp³-hybridized carbons (Fsp3) is 0.0833. The van der Waals surface area contributed by atoms with Crippen molar-refractivity contribution in [2.24, 2.45) is 0 Å². The van der Waals surface area contributed by atoms with Crippen LogP contribution in [0.5, 0.6) is 11.5 Å². The molecule has 0 saturated carbocycles. The van der Waals surface area contributed by atoms with Crippen LogP contribution in [0.4, 0.5) is 11.4 Å². The van der Waals surface area contributed by atoms with E-state index in [0.29, 0.717) is 24.2 Å². The average molecular weight is 418 g/mol. The Bertz CT molecular complexity index is 1080. The number of nitrogens with two attached hydrogens (primary N) is 1. The number of quaternary nitrogens is 1. The van der Waals surface area contributed by atoms with Crippen LogP contribution in [0.1, 0.15) is 21.5 Å². The molecule has 0 unspecified atom stereocenters. The lowest BCUT2D eigenvalue weighted by Gasteiger charge is -2.10. The maximum Gasteiger partial charge on any atom is 0.243 e. The van der Waals surface area contributed by atoms with Crippen molar-refractivity contribution < 1.29 is 25.2 Å². The van der Waals surface area contributed by atoms with Crippen LogP contribution in [0.15, 0.2) is 79.4 Å². The molecule has 0 heterocycles. The van der Waals surface area contributed by atoms with Crippen molar-refractivity contribution in [3.05, 3.63) is 96.1 Å². The Labute approximate surface area is 180 Å². The van der Waals surface area contributed by atoms with Crippen LogP contribution in [-0.4, -0.2) is 28.4 Å². The number of phenols is 2. The highest BCUT2D eigenvalue weighted by Crippen LogP contribution is 2.30. The minimum Gasteiger partial charge on any atom is -0.507 e. The molecule has 158 valence electrons. The SMILES string of the molecule is C=CC(=O)NCCc1ccc(N[NH2+]c2cc(C(=O)c3ccccc3)c(O)cc2O)cc1. The lowest BCUT2D eigenvalue weighted by molar-refractivity contribution is -0.539. The average Bonchev–Trinajstić information content (AvgIpc) is 2.79. The summed E-state index contributed by atoms with van der Waals surface area (Å²) in [4.78, 5) is 23.9. The largest absolute Gasteiger partial charge is 0.507 e. The van der Waals surface area contributed by atoms with Crippen LogP contribution >= 0.6 is 0 Å². The predicted octanol–water partition coefficient (Wildman–Crippen LogP) is 2.40. The van der Waals surface area contributed by atoms with Gasteiger partial charge < -0.3 is 15.5 Å². The predicted molar refractivity (Wildman–Crippen MR) is 118 cm³/mol. The van der Waals surface area contributed by atoms with E-state index in [1.54, 1.807) is 35.8 Å². The van der Waals surface area contributed by atoms with Gasteiger partial charge in [0, 0.05) is 24.2 Å². The molecular weight excluding hydrogens is 394 g/mol. The van der Waals surface area contributed by atoms with Gasteiger partial charge in [-0.1, -0.05) is 49.0 Å². The molecule has 7 nitrogen and oxygen atoms in total. The summed E-state index contributed by atoms with van der Waals surface area (Å²) in [5, 5.41) is 23.0. The van der Waals surface area contributed by atoms with Crippen LogP contribution in [0, 0.1) is 0 Å². The van der Waals surface area contributed by atoms with Gasteiger partial charge in [0.15, 0.2) is 17.2 Å².